The third-order valence-corrected chi connectivity index (χ3v) is 2.38. The molecule has 2 aromatic heterocycles. The van der Waals surface area contributed by atoms with Crippen LogP contribution in [0.4, 0.5) is 21.4 Å². The predicted molar refractivity (Wildman–Crippen MR) is 82.0 cm³/mol. The summed E-state index contributed by atoms with van der Waals surface area (Å²) in [5, 5.41) is 4.75. The first kappa shape index (κ1) is 15.9. The Morgan fingerprint density at radius 2 is 1.78 bits per heavy atom. The average molecular weight is 318 g/mol. The first-order valence-electron chi connectivity index (χ1n) is 6.44. The molecule has 23 heavy (non-hydrogen) atoms. The van der Waals surface area contributed by atoms with E-state index in [0.29, 0.717) is 5.52 Å². The fourth-order valence-corrected chi connectivity index (χ4v) is 1.51. The summed E-state index contributed by atoms with van der Waals surface area (Å²) in [5.74, 6) is 0.0123. The summed E-state index contributed by atoms with van der Waals surface area (Å²) in [5.41, 5.74) is 0.628. The van der Waals surface area contributed by atoms with Crippen LogP contribution in [0.1, 0.15) is 0 Å². The summed E-state index contributed by atoms with van der Waals surface area (Å²) < 4.78 is 9.57. The molecular weight excluding hydrogens is 304 g/mol. The number of nitrogens with one attached hydrogen (secondary N) is 3. The number of carbonyl (C=O) groups excluding carboxylic acids is 2. The monoisotopic (exact) mass is 318 g/mol. The van der Waals surface area contributed by atoms with Gasteiger partial charge in [-0.25, -0.2) is 14.6 Å². The lowest BCUT2D eigenvalue weighted by Crippen LogP contribution is -2.18. The van der Waals surface area contributed by atoms with Gasteiger partial charge in [-0.2, -0.15) is 9.97 Å². The summed E-state index contributed by atoms with van der Waals surface area (Å²) in [4.78, 5) is 37.9. The fourth-order valence-electron chi connectivity index (χ4n) is 1.51. The molecule has 0 saturated heterocycles. The van der Waals surface area contributed by atoms with Crippen LogP contribution in [0.25, 0.3) is 11.2 Å². The maximum atomic E-state index is 11.6. The molecule has 2 aromatic rings. The van der Waals surface area contributed by atoms with Gasteiger partial charge in [0, 0.05) is 0 Å². The second-order valence-electron chi connectivity index (χ2n) is 4.02. The predicted octanol–water partition coefficient (Wildman–Crippen LogP) is 1.82. The third-order valence-electron chi connectivity index (χ3n) is 2.38. The maximum absolute atomic E-state index is 11.6. The van der Waals surface area contributed by atoms with E-state index in [-0.39, 0.29) is 30.6 Å². The van der Waals surface area contributed by atoms with Crippen LogP contribution in [-0.4, -0.2) is 45.3 Å². The van der Waals surface area contributed by atoms with Crippen molar-refractivity contribution in [1.29, 1.82) is 0 Å². The van der Waals surface area contributed by atoms with E-state index in [1.165, 1.54) is 18.5 Å². The minimum atomic E-state index is -0.764. The number of nitrogens with zero attached hydrogens (tertiary/aromatic N) is 3. The number of amides is 2. The SMILES string of the molecule is C=CCOC(=O)Nc1nc(NC(=O)OCC=C)c2[nH]cnc2n1. The fraction of sp³-hybridized carbons (Fsp3) is 0.154. The minimum Gasteiger partial charge on any atom is -0.445 e. The van der Waals surface area contributed by atoms with Crippen LogP contribution < -0.4 is 10.6 Å². The van der Waals surface area contributed by atoms with Crippen LogP contribution in [-0.2, 0) is 9.47 Å². The highest BCUT2D eigenvalue weighted by Crippen LogP contribution is 2.18. The van der Waals surface area contributed by atoms with Crippen molar-refractivity contribution in [3.63, 3.8) is 0 Å². The second kappa shape index (κ2) is 7.54. The van der Waals surface area contributed by atoms with E-state index in [1.807, 2.05) is 0 Å². The molecule has 0 saturated carbocycles. The van der Waals surface area contributed by atoms with E-state index in [9.17, 15) is 9.59 Å². The standard InChI is InChI=1S/C13H14N6O4/c1-3-5-22-12(20)18-10-8-9(15-7-14-8)16-11(17-10)19-13(21)23-6-4-2/h3-4,7H,1-2,5-6H2,(H3,14,15,16,17,18,19,20,21). The first-order valence-corrected chi connectivity index (χ1v) is 6.44. The number of aromatic nitrogens is 4. The molecule has 2 rings (SSSR count). The van der Waals surface area contributed by atoms with Gasteiger partial charge in [-0.1, -0.05) is 25.3 Å². The number of hydrogen-bond acceptors (Lipinski definition) is 7. The highest BCUT2D eigenvalue weighted by Gasteiger charge is 2.15. The van der Waals surface area contributed by atoms with Crippen molar-refractivity contribution in [3.8, 4) is 0 Å². The summed E-state index contributed by atoms with van der Waals surface area (Å²) in [6.07, 6.45) is 2.72. The van der Waals surface area contributed by atoms with Gasteiger partial charge in [0.2, 0.25) is 5.95 Å². The van der Waals surface area contributed by atoms with Crippen LogP contribution >= 0.6 is 0 Å². The Morgan fingerprint density at radius 3 is 2.43 bits per heavy atom. The van der Waals surface area contributed by atoms with Gasteiger partial charge >= 0.3 is 12.2 Å². The molecule has 0 fully saturated rings. The molecule has 0 bridgehead atoms. The van der Waals surface area contributed by atoms with Crippen molar-refractivity contribution in [3.05, 3.63) is 31.6 Å². The lowest BCUT2D eigenvalue weighted by atomic mass is 10.5. The Hall–Kier alpha value is -3.43. The Kier molecular flexibility index (Phi) is 5.23. The third kappa shape index (κ3) is 4.27. The number of imidazole rings is 1. The van der Waals surface area contributed by atoms with Crippen LogP contribution in [0.5, 0.6) is 0 Å². The summed E-state index contributed by atoms with van der Waals surface area (Å²) in [7, 11) is 0. The van der Waals surface area contributed by atoms with Gasteiger partial charge in [-0.3, -0.25) is 10.6 Å². The summed E-state index contributed by atoms with van der Waals surface area (Å²) >= 11 is 0. The van der Waals surface area contributed by atoms with Gasteiger partial charge in [0.15, 0.2) is 11.5 Å². The van der Waals surface area contributed by atoms with E-state index in [0.717, 1.165) is 0 Å². The highest BCUT2D eigenvalue weighted by molar-refractivity contribution is 5.94. The average Bonchev–Trinajstić information content (AvgIpc) is 2.99. The van der Waals surface area contributed by atoms with Gasteiger partial charge < -0.3 is 14.5 Å². The number of aromatic amines is 1. The topological polar surface area (TPSA) is 131 Å². The van der Waals surface area contributed by atoms with E-state index in [4.69, 9.17) is 9.47 Å². The number of H-pyrrole nitrogens is 1. The van der Waals surface area contributed by atoms with E-state index >= 15 is 0 Å². The molecule has 3 N–H and O–H groups in total. The normalized spacial score (nSPS) is 9.91. The van der Waals surface area contributed by atoms with Crippen molar-refractivity contribution in [2.45, 2.75) is 0 Å². The van der Waals surface area contributed by atoms with Crippen molar-refractivity contribution in [2.24, 2.45) is 0 Å². The van der Waals surface area contributed by atoms with E-state index < -0.39 is 12.2 Å². The number of anilines is 2. The van der Waals surface area contributed by atoms with Crippen LogP contribution in [0.3, 0.4) is 0 Å². The Bertz CT molecular complexity index is 741. The molecule has 10 heteroatoms. The van der Waals surface area contributed by atoms with Crippen LogP contribution in [0.15, 0.2) is 31.6 Å². The lowest BCUT2D eigenvalue weighted by Gasteiger charge is -2.08. The minimum absolute atomic E-state index is 0.0372. The summed E-state index contributed by atoms with van der Waals surface area (Å²) in [6.45, 7) is 6.94. The Morgan fingerprint density at radius 1 is 1.13 bits per heavy atom. The number of ether oxygens (including phenoxy) is 2. The zero-order chi connectivity index (χ0) is 16.7. The molecule has 0 aliphatic carbocycles. The molecule has 0 aliphatic heterocycles. The molecule has 2 heterocycles. The van der Waals surface area contributed by atoms with Crippen LogP contribution in [0, 0.1) is 0 Å². The van der Waals surface area contributed by atoms with E-state index in [2.05, 4.69) is 43.7 Å². The number of rotatable bonds is 6. The molecule has 0 unspecified atom stereocenters. The zero-order valence-corrected chi connectivity index (χ0v) is 12.0. The van der Waals surface area contributed by atoms with Crippen molar-refractivity contribution in [2.75, 3.05) is 23.8 Å². The molecule has 2 amide bonds. The second-order valence-corrected chi connectivity index (χ2v) is 4.02. The van der Waals surface area contributed by atoms with E-state index in [1.54, 1.807) is 0 Å². The Labute approximate surface area is 130 Å². The van der Waals surface area contributed by atoms with Crippen molar-refractivity contribution >= 4 is 35.1 Å². The number of hydrogen-bond donors (Lipinski definition) is 3. The molecular formula is C13H14N6O4. The van der Waals surface area contributed by atoms with Gasteiger partial charge in [0.25, 0.3) is 0 Å². The maximum Gasteiger partial charge on any atom is 0.414 e. The largest absolute Gasteiger partial charge is 0.445 e. The molecule has 0 atom stereocenters. The first-order chi connectivity index (χ1) is 11.1. The van der Waals surface area contributed by atoms with Gasteiger partial charge in [0.05, 0.1) is 6.33 Å². The highest BCUT2D eigenvalue weighted by atomic mass is 16.6. The van der Waals surface area contributed by atoms with Gasteiger partial charge in [0.1, 0.15) is 18.7 Å². The quantitative estimate of drug-likeness (QED) is 0.692. The Balaban J connectivity index is 2.19. The van der Waals surface area contributed by atoms with Gasteiger partial charge in [-0.05, 0) is 0 Å². The van der Waals surface area contributed by atoms with Crippen molar-refractivity contribution < 1.29 is 19.1 Å². The molecule has 0 aromatic carbocycles. The lowest BCUT2D eigenvalue weighted by molar-refractivity contribution is 0.173. The molecule has 0 spiro atoms. The van der Waals surface area contributed by atoms with Crippen molar-refractivity contribution in [1.82, 2.24) is 19.9 Å². The van der Waals surface area contributed by atoms with Crippen LogP contribution in [0.2, 0.25) is 0 Å². The smallest absolute Gasteiger partial charge is 0.414 e. The molecule has 0 aliphatic rings. The van der Waals surface area contributed by atoms with Gasteiger partial charge in [-0.15, -0.1) is 0 Å². The molecule has 120 valence electrons. The zero-order valence-electron chi connectivity index (χ0n) is 12.0. The summed E-state index contributed by atoms with van der Waals surface area (Å²) in [6, 6.07) is 0. The molecule has 10 nitrogen and oxygen atoms in total. The molecule has 0 radical (unpaired) electrons. The number of carbonyl (C=O) groups is 2. The number of fused-ring (bicyclic) bond motifs is 1.